The van der Waals surface area contributed by atoms with Crippen LogP contribution in [0, 0.1) is 4.91 Å². The number of hydrogen-bond acceptors (Lipinski definition) is 5. The molecular weight excluding hydrogens is 368 g/mol. The van der Waals surface area contributed by atoms with Crippen LogP contribution >= 0.6 is 0 Å². The van der Waals surface area contributed by atoms with Gasteiger partial charge in [0.2, 0.25) is 11.6 Å². The van der Waals surface area contributed by atoms with Crippen molar-refractivity contribution in [3.05, 3.63) is 37.7 Å². The van der Waals surface area contributed by atoms with Gasteiger partial charge in [0.05, 0.1) is 22.6 Å². The molecular formula is C22H23N4O3+. The average Bonchev–Trinajstić information content (AvgIpc) is 3.39. The number of amides is 1. The Balaban J connectivity index is 1.66. The number of carbonyl (C=O) groups excluding carboxylic acids is 2. The predicted octanol–water partition coefficient (Wildman–Crippen LogP) is 0.697. The lowest BCUT2D eigenvalue weighted by Crippen LogP contribution is -2.35. The fourth-order valence-electron chi connectivity index (χ4n) is 4.91. The molecule has 2 heterocycles. The number of hydrogen-bond donors (Lipinski definition) is 2. The van der Waals surface area contributed by atoms with Crippen molar-refractivity contribution >= 4 is 40.9 Å². The van der Waals surface area contributed by atoms with Gasteiger partial charge in [-0.05, 0) is 43.5 Å². The Hall–Kier alpha value is -2.93. The van der Waals surface area contributed by atoms with E-state index in [2.05, 4.69) is 10.3 Å². The van der Waals surface area contributed by atoms with E-state index in [9.17, 15) is 14.5 Å². The van der Waals surface area contributed by atoms with Crippen molar-refractivity contribution in [3.63, 3.8) is 0 Å². The number of carbonyl (C=O) groups is 2. The van der Waals surface area contributed by atoms with Crippen LogP contribution in [0.2, 0.25) is 0 Å². The summed E-state index contributed by atoms with van der Waals surface area (Å²) < 4.78 is 1.07. The summed E-state index contributed by atoms with van der Waals surface area (Å²) in [4.78, 5) is 42.0. The molecule has 2 aliphatic heterocycles. The first-order valence-electron chi connectivity index (χ1n) is 10.3. The maximum absolute atomic E-state index is 13.1. The molecule has 1 aromatic rings. The van der Waals surface area contributed by atoms with Gasteiger partial charge in [-0.1, -0.05) is 0 Å². The Kier molecular flexibility index (Phi) is 4.28. The van der Waals surface area contributed by atoms with Crippen LogP contribution in [-0.4, -0.2) is 35.8 Å². The number of ketones is 1. The van der Waals surface area contributed by atoms with Crippen molar-refractivity contribution in [1.29, 1.82) is 0 Å². The lowest BCUT2D eigenvalue weighted by atomic mass is 9.88. The van der Waals surface area contributed by atoms with Crippen molar-refractivity contribution in [2.75, 3.05) is 13.1 Å². The van der Waals surface area contributed by atoms with Gasteiger partial charge in [0, 0.05) is 52.3 Å². The summed E-state index contributed by atoms with van der Waals surface area (Å²) in [6, 6.07) is 0. The van der Waals surface area contributed by atoms with Gasteiger partial charge in [0.15, 0.2) is 5.78 Å². The molecule has 1 aromatic carbocycles. The third kappa shape index (κ3) is 2.72. The molecule has 7 nitrogen and oxygen atoms in total. The first-order chi connectivity index (χ1) is 14.1. The molecule has 5 rings (SSSR count). The van der Waals surface area contributed by atoms with E-state index in [0.717, 1.165) is 74.5 Å². The van der Waals surface area contributed by atoms with Crippen LogP contribution < -0.4 is 21.5 Å². The lowest BCUT2D eigenvalue weighted by molar-refractivity contribution is -0.406. The summed E-state index contributed by atoms with van der Waals surface area (Å²) >= 11 is 0. The monoisotopic (exact) mass is 391 g/mol. The summed E-state index contributed by atoms with van der Waals surface area (Å²) in [7, 11) is 0. The highest BCUT2D eigenvalue weighted by Gasteiger charge is 2.45. The molecule has 0 radical (unpaired) electrons. The van der Waals surface area contributed by atoms with Crippen LogP contribution in [0.4, 0.5) is 5.69 Å². The highest BCUT2D eigenvalue weighted by molar-refractivity contribution is 6.12. The third-order valence-corrected chi connectivity index (χ3v) is 6.20. The smallest absolute Gasteiger partial charge is 0.275 e. The van der Waals surface area contributed by atoms with Crippen LogP contribution in [0.25, 0.3) is 17.3 Å². The quantitative estimate of drug-likeness (QED) is 0.721. The Labute approximate surface area is 167 Å². The largest absolute Gasteiger partial charge is 0.350 e. The average molecular weight is 391 g/mol. The summed E-state index contributed by atoms with van der Waals surface area (Å²) in [5.74, 6) is -0.0560. The minimum Gasteiger partial charge on any atom is -0.350 e. The molecule has 148 valence electrons. The number of nitrogens with zero attached hydrogens (tertiary/aromatic N) is 2. The number of nitrogens with one attached hydrogen (secondary N) is 1. The maximum atomic E-state index is 13.1. The molecule has 0 saturated carbocycles. The molecule has 2 aliphatic carbocycles. The van der Waals surface area contributed by atoms with Gasteiger partial charge >= 0.3 is 0 Å². The standard InChI is InChI=1S/C22H22N4O3/c23-7-3-6-19(28)25-11-17-20-14-8-12(27)9-15(14)22-21(16(20)10-24-17)13-4-1-2-5-18(13)26(22)29/h8,10H,1-7,9,11,23H2/p+1. The zero-order valence-corrected chi connectivity index (χ0v) is 16.2. The van der Waals surface area contributed by atoms with Gasteiger partial charge in [0.1, 0.15) is 0 Å². The van der Waals surface area contributed by atoms with Crippen molar-refractivity contribution < 1.29 is 14.3 Å². The third-order valence-electron chi connectivity index (χ3n) is 6.20. The number of nitroso groups, excluding NO2 is 1. The summed E-state index contributed by atoms with van der Waals surface area (Å²) in [5.41, 5.74) is 11.5. The molecule has 0 aromatic heterocycles. The van der Waals surface area contributed by atoms with Crippen LogP contribution in [-0.2, 0) is 16.0 Å². The van der Waals surface area contributed by atoms with Crippen molar-refractivity contribution in [3.8, 4) is 0 Å². The summed E-state index contributed by atoms with van der Waals surface area (Å²) in [6.07, 6.45) is 8.44. The van der Waals surface area contributed by atoms with E-state index in [0.29, 0.717) is 31.6 Å². The number of benzene rings is 1. The van der Waals surface area contributed by atoms with Gasteiger partial charge in [-0.3, -0.25) is 14.6 Å². The highest BCUT2D eigenvalue weighted by atomic mass is 16.3. The molecule has 4 aliphatic rings. The predicted molar refractivity (Wildman–Crippen MR) is 110 cm³/mol. The molecule has 0 spiro atoms. The van der Waals surface area contributed by atoms with Gasteiger partial charge < -0.3 is 11.1 Å². The second kappa shape index (κ2) is 6.84. The number of aliphatic imine (C=N–C) groups is 1. The Morgan fingerprint density at radius 2 is 2.10 bits per heavy atom. The van der Waals surface area contributed by atoms with E-state index in [1.165, 1.54) is 0 Å². The van der Waals surface area contributed by atoms with E-state index >= 15 is 0 Å². The molecule has 0 saturated heterocycles. The molecule has 0 bridgehead atoms. The number of allylic oxidation sites excluding steroid dienone is 2. The molecule has 7 heteroatoms. The zero-order valence-electron chi connectivity index (χ0n) is 16.2. The SMILES string of the molecule is NCCCC(=O)NCC1=c2c(c3c(c4c2=CC(=O)C4)[N+](=O)C2=C3CCCC2)C=N1. The van der Waals surface area contributed by atoms with E-state index < -0.39 is 0 Å². The minimum atomic E-state index is -0.0625. The van der Waals surface area contributed by atoms with E-state index in [1.807, 2.05) is 0 Å². The number of rotatable bonds is 5. The van der Waals surface area contributed by atoms with Crippen molar-refractivity contribution in [1.82, 2.24) is 5.32 Å². The van der Waals surface area contributed by atoms with Crippen molar-refractivity contribution in [2.24, 2.45) is 10.7 Å². The topological polar surface area (TPSA) is 105 Å². The number of nitrogens with two attached hydrogens (primary N) is 1. The fraction of sp³-hybridized carbons (Fsp3) is 0.409. The molecule has 0 fully saturated rings. The molecule has 1 amide bonds. The van der Waals surface area contributed by atoms with E-state index in [-0.39, 0.29) is 18.1 Å². The van der Waals surface area contributed by atoms with Crippen LogP contribution in [0.15, 0.2) is 10.7 Å². The second-order valence-electron chi connectivity index (χ2n) is 7.99. The molecule has 0 atom stereocenters. The van der Waals surface area contributed by atoms with E-state index in [4.69, 9.17) is 5.73 Å². The summed E-state index contributed by atoms with van der Waals surface area (Å²) in [5, 5.41) is 4.61. The first-order valence-corrected chi connectivity index (χ1v) is 10.3. The van der Waals surface area contributed by atoms with Gasteiger partial charge in [-0.2, -0.15) is 0 Å². The molecule has 29 heavy (non-hydrogen) atoms. The lowest BCUT2D eigenvalue weighted by Gasteiger charge is -2.09. The zero-order chi connectivity index (χ0) is 20.1. The first kappa shape index (κ1) is 18.1. The second-order valence-corrected chi connectivity index (χ2v) is 7.99. The van der Waals surface area contributed by atoms with Crippen LogP contribution in [0.3, 0.4) is 0 Å². The highest BCUT2D eigenvalue weighted by Crippen LogP contribution is 2.47. The minimum absolute atomic E-state index is 0.00658. The van der Waals surface area contributed by atoms with Crippen LogP contribution in [0.1, 0.15) is 55.2 Å². The Morgan fingerprint density at radius 3 is 2.93 bits per heavy atom. The van der Waals surface area contributed by atoms with Gasteiger partial charge in [-0.15, -0.1) is 0 Å². The van der Waals surface area contributed by atoms with Crippen LogP contribution in [0.5, 0.6) is 0 Å². The van der Waals surface area contributed by atoms with Gasteiger partial charge in [0.25, 0.3) is 5.69 Å². The van der Waals surface area contributed by atoms with E-state index in [1.54, 1.807) is 12.3 Å². The van der Waals surface area contributed by atoms with Gasteiger partial charge in [-0.25, -0.2) is 0 Å². The molecule has 0 unspecified atom stereocenters. The molecule has 3 N–H and O–H groups in total. The van der Waals surface area contributed by atoms with Crippen molar-refractivity contribution in [2.45, 2.75) is 44.9 Å². The normalized spacial score (nSPS) is 18.6. The Morgan fingerprint density at radius 1 is 1.28 bits per heavy atom. The Bertz CT molecular complexity index is 1170. The summed E-state index contributed by atoms with van der Waals surface area (Å²) in [6.45, 7) is 0.776. The maximum Gasteiger partial charge on any atom is 0.275 e. The fourth-order valence-corrected chi connectivity index (χ4v) is 4.91. The number of fused-ring (bicyclic) bond motifs is 7. The number of Topliss-reactive ketones (excluding diaryl/α,β-unsaturated/α-hetero) is 1.